The maximum Gasteiger partial charge on any atom is 0.297 e. The predicted octanol–water partition coefficient (Wildman–Crippen LogP) is 2.25. The number of benzene rings is 1. The van der Waals surface area contributed by atoms with Gasteiger partial charge in [-0.15, -0.1) is 0 Å². The van der Waals surface area contributed by atoms with Crippen LogP contribution in [-0.4, -0.2) is 26.2 Å². The van der Waals surface area contributed by atoms with E-state index in [2.05, 4.69) is 0 Å². The SMILES string of the molecule is Cc1ccc(S(=O)(=O)OC2CCCC(CO)C2)cc1. The minimum atomic E-state index is -3.69. The predicted molar refractivity (Wildman–Crippen MR) is 72.3 cm³/mol. The number of hydrogen-bond donors (Lipinski definition) is 1. The van der Waals surface area contributed by atoms with Gasteiger partial charge in [-0.3, -0.25) is 4.18 Å². The van der Waals surface area contributed by atoms with Crippen LogP contribution in [0, 0.1) is 12.8 Å². The van der Waals surface area contributed by atoms with Crippen LogP contribution in [0.5, 0.6) is 0 Å². The third kappa shape index (κ3) is 3.78. The van der Waals surface area contributed by atoms with Gasteiger partial charge in [-0.25, -0.2) is 0 Å². The van der Waals surface area contributed by atoms with Crippen LogP contribution in [0.15, 0.2) is 29.2 Å². The molecule has 1 aromatic carbocycles. The molecule has 0 amide bonds. The number of hydrogen-bond acceptors (Lipinski definition) is 4. The highest BCUT2D eigenvalue weighted by Gasteiger charge is 2.27. The Hall–Kier alpha value is -0.910. The molecule has 0 aliphatic heterocycles. The van der Waals surface area contributed by atoms with Crippen LogP contribution in [0.3, 0.4) is 0 Å². The fraction of sp³-hybridized carbons (Fsp3) is 0.571. The van der Waals surface area contributed by atoms with Crippen molar-refractivity contribution in [1.29, 1.82) is 0 Å². The van der Waals surface area contributed by atoms with Gasteiger partial charge in [0.15, 0.2) is 0 Å². The van der Waals surface area contributed by atoms with Crippen LogP contribution < -0.4 is 0 Å². The van der Waals surface area contributed by atoms with Gasteiger partial charge in [0.2, 0.25) is 0 Å². The first-order valence-corrected chi connectivity index (χ1v) is 8.03. The van der Waals surface area contributed by atoms with Crippen molar-refractivity contribution in [2.24, 2.45) is 5.92 Å². The highest BCUT2D eigenvalue weighted by atomic mass is 32.2. The Kier molecular flexibility index (Phi) is 4.60. The van der Waals surface area contributed by atoms with E-state index >= 15 is 0 Å². The van der Waals surface area contributed by atoms with Crippen LogP contribution in [0.4, 0.5) is 0 Å². The number of rotatable bonds is 4. The first kappa shape index (κ1) is 14.5. The quantitative estimate of drug-likeness (QED) is 0.861. The summed E-state index contributed by atoms with van der Waals surface area (Å²) in [6, 6.07) is 6.65. The van der Waals surface area contributed by atoms with E-state index in [9.17, 15) is 8.42 Å². The molecule has 4 nitrogen and oxygen atoms in total. The molecule has 2 unspecified atom stereocenters. The van der Waals surface area contributed by atoms with Crippen LogP contribution in [0.25, 0.3) is 0 Å². The summed E-state index contributed by atoms with van der Waals surface area (Å²) in [5.74, 6) is 0.159. The number of aliphatic hydroxyl groups is 1. The maximum atomic E-state index is 12.1. The summed E-state index contributed by atoms with van der Waals surface area (Å²) in [7, 11) is -3.69. The summed E-state index contributed by atoms with van der Waals surface area (Å²) in [6.07, 6.45) is 2.89. The first-order valence-electron chi connectivity index (χ1n) is 6.62. The molecule has 1 aliphatic rings. The van der Waals surface area contributed by atoms with Gasteiger partial charge in [0.05, 0.1) is 11.0 Å². The van der Waals surface area contributed by atoms with Crippen molar-refractivity contribution in [3.8, 4) is 0 Å². The molecule has 5 heteroatoms. The van der Waals surface area contributed by atoms with Crippen molar-refractivity contribution in [3.63, 3.8) is 0 Å². The average molecular weight is 284 g/mol. The Balaban J connectivity index is 2.06. The molecule has 1 N–H and O–H groups in total. The third-order valence-electron chi connectivity index (χ3n) is 3.57. The first-order chi connectivity index (χ1) is 9.01. The molecule has 0 bridgehead atoms. The Labute approximate surface area is 114 Å². The Bertz CT molecular complexity index is 507. The zero-order valence-corrected chi connectivity index (χ0v) is 11.9. The van der Waals surface area contributed by atoms with Gasteiger partial charge in [-0.1, -0.05) is 24.1 Å². The molecule has 1 aromatic rings. The van der Waals surface area contributed by atoms with Gasteiger partial charge in [0.1, 0.15) is 0 Å². The fourth-order valence-corrected chi connectivity index (χ4v) is 3.55. The van der Waals surface area contributed by atoms with Crippen molar-refractivity contribution in [3.05, 3.63) is 29.8 Å². The van der Waals surface area contributed by atoms with Gasteiger partial charge in [0, 0.05) is 6.61 Å². The molecule has 1 aliphatic carbocycles. The van der Waals surface area contributed by atoms with Crippen LogP contribution >= 0.6 is 0 Å². The van der Waals surface area contributed by atoms with Gasteiger partial charge in [-0.05, 0) is 44.2 Å². The minimum absolute atomic E-state index is 0.102. The smallest absolute Gasteiger partial charge is 0.297 e. The van der Waals surface area contributed by atoms with E-state index in [1.807, 2.05) is 6.92 Å². The molecule has 0 radical (unpaired) electrons. The monoisotopic (exact) mass is 284 g/mol. The van der Waals surface area contributed by atoms with E-state index in [4.69, 9.17) is 9.29 Å². The molecule has 0 saturated heterocycles. The lowest BCUT2D eigenvalue weighted by atomic mass is 9.88. The molecule has 1 saturated carbocycles. The van der Waals surface area contributed by atoms with E-state index in [0.717, 1.165) is 24.8 Å². The van der Waals surface area contributed by atoms with E-state index in [1.165, 1.54) is 0 Å². The molecule has 0 heterocycles. The Morgan fingerprint density at radius 1 is 1.26 bits per heavy atom. The Morgan fingerprint density at radius 3 is 2.58 bits per heavy atom. The highest BCUT2D eigenvalue weighted by molar-refractivity contribution is 7.86. The largest absolute Gasteiger partial charge is 0.396 e. The zero-order chi connectivity index (χ0) is 13.9. The lowest BCUT2D eigenvalue weighted by Gasteiger charge is -2.27. The van der Waals surface area contributed by atoms with Crippen molar-refractivity contribution >= 4 is 10.1 Å². The second-order valence-electron chi connectivity index (χ2n) is 5.20. The lowest BCUT2D eigenvalue weighted by molar-refractivity contribution is 0.0971. The summed E-state index contributed by atoms with van der Waals surface area (Å²) in [4.78, 5) is 0.198. The number of aliphatic hydroxyl groups excluding tert-OH is 1. The van der Waals surface area contributed by atoms with Gasteiger partial charge < -0.3 is 5.11 Å². The second-order valence-corrected chi connectivity index (χ2v) is 6.77. The van der Waals surface area contributed by atoms with E-state index in [1.54, 1.807) is 24.3 Å². The summed E-state index contributed by atoms with van der Waals surface area (Å²) >= 11 is 0. The van der Waals surface area contributed by atoms with Crippen LogP contribution in [0.2, 0.25) is 0 Å². The molecular weight excluding hydrogens is 264 g/mol. The average Bonchev–Trinajstić information content (AvgIpc) is 2.39. The summed E-state index contributed by atoms with van der Waals surface area (Å²) in [5, 5.41) is 9.15. The van der Waals surface area contributed by atoms with Crippen molar-refractivity contribution < 1.29 is 17.7 Å². The normalized spacial score (nSPS) is 24.3. The summed E-state index contributed by atoms with van der Waals surface area (Å²) in [6.45, 7) is 2.01. The van der Waals surface area contributed by atoms with Crippen molar-refractivity contribution in [2.45, 2.75) is 43.6 Å². The Morgan fingerprint density at radius 2 is 1.95 bits per heavy atom. The minimum Gasteiger partial charge on any atom is -0.396 e. The van der Waals surface area contributed by atoms with Crippen LogP contribution in [0.1, 0.15) is 31.2 Å². The van der Waals surface area contributed by atoms with Gasteiger partial charge in [-0.2, -0.15) is 8.42 Å². The second kappa shape index (κ2) is 6.03. The molecule has 2 atom stereocenters. The molecule has 0 aromatic heterocycles. The molecule has 19 heavy (non-hydrogen) atoms. The summed E-state index contributed by atoms with van der Waals surface area (Å²) in [5.41, 5.74) is 1.01. The molecule has 106 valence electrons. The summed E-state index contributed by atoms with van der Waals surface area (Å²) < 4.78 is 29.5. The standard InChI is InChI=1S/C14H20O4S/c1-11-5-7-14(8-6-11)19(16,17)18-13-4-2-3-12(9-13)10-15/h5-8,12-13,15H,2-4,9-10H2,1H3. The fourth-order valence-electron chi connectivity index (χ4n) is 2.43. The molecule has 2 rings (SSSR count). The van der Waals surface area contributed by atoms with Gasteiger partial charge in [0.25, 0.3) is 10.1 Å². The van der Waals surface area contributed by atoms with Crippen LogP contribution in [-0.2, 0) is 14.3 Å². The molecule has 0 spiro atoms. The zero-order valence-electron chi connectivity index (χ0n) is 11.1. The maximum absolute atomic E-state index is 12.1. The van der Waals surface area contributed by atoms with Crippen molar-refractivity contribution in [2.75, 3.05) is 6.61 Å². The van der Waals surface area contributed by atoms with E-state index in [0.29, 0.717) is 6.42 Å². The highest BCUT2D eigenvalue weighted by Crippen LogP contribution is 2.28. The number of aryl methyl sites for hydroxylation is 1. The third-order valence-corrected chi connectivity index (χ3v) is 4.94. The molecule has 1 fully saturated rings. The van der Waals surface area contributed by atoms with E-state index in [-0.39, 0.29) is 23.5 Å². The lowest BCUT2D eigenvalue weighted by Crippen LogP contribution is -2.27. The molecular formula is C14H20O4S. The van der Waals surface area contributed by atoms with Gasteiger partial charge >= 0.3 is 0 Å². The topological polar surface area (TPSA) is 63.6 Å². The van der Waals surface area contributed by atoms with E-state index < -0.39 is 10.1 Å². The van der Waals surface area contributed by atoms with Crippen molar-refractivity contribution in [1.82, 2.24) is 0 Å².